The summed E-state index contributed by atoms with van der Waals surface area (Å²) >= 11 is 0. The molecule has 2 amide bonds. The van der Waals surface area contributed by atoms with Crippen LogP contribution in [0.5, 0.6) is 0 Å². The number of primary amides is 1. The highest BCUT2D eigenvalue weighted by Crippen LogP contribution is 2.22. The zero-order valence-electron chi connectivity index (χ0n) is 14.7. The van der Waals surface area contributed by atoms with Crippen molar-refractivity contribution < 1.29 is 19.1 Å². The first-order chi connectivity index (χ1) is 11.4. The fraction of sp³-hybridized carbons (Fsp3) is 0.824. The third-order valence-corrected chi connectivity index (χ3v) is 5.26. The monoisotopic (exact) mass is 339 g/mol. The molecule has 0 spiro atoms. The Morgan fingerprint density at radius 1 is 1.04 bits per heavy atom. The maximum Gasteiger partial charge on any atom is 0.309 e. The summed E-state index contributed by atoms with van der Waals surface area (Å²) in [5.74, 6) is -0.435. The predicted octanol–water partition coefficient (Wildman–Crippen LogP) is 0.374. The quantitative estimate of drug-likeness (QED) is 0.731. The number of amides is 2. The fourth-order valence-corrected chi connectivity index (χ4v) is 3.59. The van der Waals surface area contributed by atoms with Crippen LogP contribution in [0, 0.1) is 11.8 Å². The molecule has 0 aromatic rings. The molecule has 0 aromatic carbocycles. The Kier molecular flexibility index (Phi) is 6.60. The molecule has 1 atom stereocenters. The van der Waals surface area contributed by atoms with Crippen molar-refractivity contribution in [3.63, 3.8) is 0 Å². The van der Waals surface area contributed by atoms with Gasteiger partial charge in [0, 0.05) is 19.0 Å². The number of nitrogens with two attached hydrogens (primary N) is 1. The molecule has 0 aliphatic carbocycles. The summed E-state index contributed by atoms with van der Waals surface area (Å²) in [6, 6.07) is -0.196. The van der Waals surface area contributed by atoms with E-state index in [9.17, 15) is 14.4 Å². The average Bonchev–Trinajstić information content (AvgIpc) is 2.61. The number of ether oxygens (including phenoxy) is 1. The molecule has 2 saturated heterocycles. The summed E-state index contributed by atoms with van der Waals surface area (Å²) in [6.45, 7) is 6.77. The standard InChI is InChI=1S/C17H29N3O4/c1-3-24-17(23)14-6-10-20(11-7-14)16(22)12(2)19-8-4-13(5-9-19)15(18)21/h12-14H,3-11H2,1-2H3,(H2,18,21)/t12-/m1/s1. The number of hydrogen-bond donors (Lipinski definition) is 1. The summed E-state index contributed by atoms with van der Waals surface area (Å²) in [5, 5.41) is 0. The Labute approximate surface area is 143 Å². The largest absolute Gasteiger partial charge is 0.466 e. The van der Waals surface area contributed by atoms with Gasteiger partial charge in [0.15, 0.2) is 0 Å². The summed E-state index contributed by atoms with van der Waals surface area (Å²) in [6.07, 6.45) is 2.78. The molecule has 0 bridgehead atoms. The Bertz CT molecular complexity index is 466. The molecule has 2 rings (SSSR count). The van der Waals surface area contributed by atoms with Gasteiger partial charge in [0.2, 0.25) is 11.8 Å². The lowest BCUT2D eigenvalue weighted by Crippen LogP contribution is -2.52. The van der Waals surface area contributed by atoms with Gasteiger partial charge in [-0.15, -0.1) is 0 Å². The van der Waals surface area contributed by atoms with E-state index in [0.29, 0.717) is 32.5 Å². The fourth-order valence-electron chi connectivity index (χ4n) is 3.59. The van der Waals surface area contributed by atoms with Crippen LogP contribution in [0.1, 0.15) is 39.5 Å². The molecule has 2 aliphatic heterocycles. The highest BCUT2D eigenvalue weighted by molar-refractivity contribution is 5.82. The van der Waals surface area contributed by atoms with Crippen LogP contribution in [-0.4, -0.2) is 66.4 Å². The van der Waals surface area contributed by atoms with Crippen molar-refractivity contribution in [2.45, 2.75) is 45.6 Å². The minimum atomic E-state index is -0.241. The van der Waals surface area contributed by atoms with Crippen LogP contribution in [0.25, 0.3) is 0 Å². The van der Waals surface area contributed by atoms with Crippen molar-refractivity contribution in [2.24, 2.45) is 17.6 Å². The molecule has 24 heavy (non-hydrogen) atoms. The molecule has 0 aromatic heterocycles. The molecule has 0 saturated carbocycles. The van der Waals surface area contributed by atoms with Gasteiger partial charge in [0.05, 0.1) is 18.6 Å². The van der Waals surface area contributed by atoms with E-state index in [4.69, 9.17) is 10.5 Å². The summed E-state index contributed by atoms with van der Waals surface area (Å²) in [7, 11) is 0. The molecule has 0 unspecified atom stereocenters. The first kappa shape index (κ1) is 18.7. The van der Waals surface area contributed by atoms with Crippen LogP contribution in [0.15, 0.2) is 0 Å². The number of carbonyl (C=O) groups is 3. The second kappa shape index (κ2) is 8.46. The van der Waals surface area contributed by atoms with Gasteiger partial charge in [-0.1, -0.05) is 0 Å². The van der Waals surface area contributed by atoms with Gasteiger partial charge < -0.3 is 15.4 Å². The number of nitrogens with zero attached hydrogens (tertiary/aromatic N) is 2. The SMILES string of the molecule is CCOC(=O)C1CCN(C(=O)[C@@H](C)N2CCC(C(N)=O)CC2)CC1. The van der Waals surface area contributed by atoms with E-state index >= 15 is 0 Å². The molecular formula is C17H29N3O4. The van der Waals surface area contributed by atoms with E-state index in [1.54, 1.807) is 6.92 Å². The van der Waals surface area contributed by atoms with Crippen LogP contribution in [0.4, 0.5) is 0 Å². The maximum absolute atomic E-state index is 12.7. The number of piperidine rings is 2. The number of carbonyl (C=O) groups excluding carboxylic acids is 3. The third kappa shape index (κ3) is 4.47. The highest BCUT2D eigenvalue weighted by atomic mass is 16.5. The topological polar surface area (TPSA) is 92.9 Å². The van der Waals surface area contributed by atoms with Gasteiger partial charge >= 0.3 is 5.97 Å². The van der Waals surface area contributed by atoms with Crippen LogP contribution >= 0.6 is 0 Å². The predicted molar refractivity (Wildman–Crippen MR) is 88.9 cm³/mol. The summed E-state index contributed by atoms with van der Waals surface area (Å²) < 4.78 is 5.06. The van der Waals surface area contributed by atoms with Crippen LogP contribution in [0.3, 0.4) is 0 Å². The van der Waals surface area contributed by atoms with Crippen molar-refractivity contribution in [1.29, 1.82) is 0 Å². The first-order valence-corrected chi connectivity index (χ1v) is 8.92. The molecule has 2 heterocycles. The normalized spacial score (nSPS) is 22.2. The van der Waals surface area contributed by atoms with Crippen molar-refractivity contribution in [3.8, 4) is 0 Å². The van der Waals surface area contributed by atoms with Crippen molar-refractivity contribution >= 4 is 17.8 Å². The molecule has 136 valence electrons. The minimum Gasteiger partial charge on any atom is -0.466 e. The molecule has 2 N–H and O–H groups in total. The lowest BCUT2D eigenvalue weighted by atomic mass is 9.94. The Morgan fingerprint density at radius 3 is 2.08 bits per heavy atom. The van der Waals surface area contributed by atoms with Gasteiger partial charge in [-0.2, -0.15) is 0 Å². The smallest absolute Gasteiger partial charge is 0.309 e. The van der Waals surface area contributed by atoms with Crippen LogP contribution in [0.2, 0.25) is 0 Å². The van der Waals surface area contributed by atoms with E-state index in [1.165, 1.54) is 0 Å². The van der Waals surface area contributed by atoms with Crippen LogP contribution in [-0.2, 0) is 19.1 Å². The number of likely N-dealkylation sites (tertiary alicyclic amines) is 2. The van der Waals surface area contributed by atoms with Crippen molar-refractivity contribution in [3.05, 3.63) is 0 Å². The van der Waals surface area contributed by atoms with Gasteiger partial charge in [-0.25, -0.2) is 0 Å². The molecule has 2 fully saturated rings. The molecule has 2 aliphatic rings. The molecule has 0 radical (unpaired) electrons. The lowest BCUT2D eigenvalue weighted by molar-refractivity contribution is -0.152. The Morgan fingerprint density at radius 2 is 1.58 bits per heavy atom. The first-order valence-electron chi connectivity index (χ1n) is 8.92. The van der Waals surface area contributed by atoms with E-state index in [1.807, 2.05) is 11.8 Å². The van der Waals surface area contributed by atoms with Crippen molar-refractivity contribution in [2.75, 3.05) is 32.8 Å². The summed E-state index contributed by atoms with van der Waals surface area (Å²) in [4.78, 5) is 39.7. The third-order valence-electron chi connectivity index (χ3n) is 5.26. The lowest BCUT2D eigenvalue weighted by Gasteiger charge is -2.38. The highest BCUT2D eigenvalue weighted by Gasteiger charge is 2.33. The molecule has 7 nitrogen and oxygen atoms in total. The van der Waals surface area contributed by atoms with E-state index in [2.05, 4.69) is 4.90 Å². The zero-order chi connectivity index (χ0) is 17.7. The van der Waals surface area contributed by atoms with Gasteiger partial charge in [-0.3, -0.25) is 19.3 Å². The number of rotatable bonds is 5. The van der Waals surface area contributed by atoms with E-state index in [0.717, 1.165) is 25.9 Å². The van der Waals surface area contributed by atoms with Gasteiger partial charge in [0.1, 0.15) is 0 Å². The Hall–Kier alpha value is -1.63. The number of esters is 1. The summed E-state index contributed by atoms with van der Waals surface area (Å²) in [5.41, 5.74) is 5.35. The van der Waals surface area contributed by atoms with E-state index < -0.39 is 0 Å². The van der Waals surface area contributed by atoms with Crippen LogP contribution < -0.4 is 5.73 Å². The minimum absolute atomic E-state index is 0.0659. The maximum atomic E-state index is 12.7. The number of hydrogen-bond acceptors (Lipinski definition) is 5. The van der Waals surface area contributed by atoms with Gasteiger partial charge in [0.25, 0.3) is 0 Å². The average molecular weight is 339 g/mol. The second-order valence-corrected chi connectivity index (χ2v) is 6.74. The zero-order valence-corrected chi connectivity index (χ0v) is 14.7. The Balaban J connectivity index is 1.80. The van der Waals surface area contributed by atoms with Gasteiger partial charge in [-0.05, 0) is 52.6 Å². The second-order valence-electron chi connectivity index (χ2n) is 6.74. The molecule has 7 heteroatoms. The molecular weight excluding hydrogens is 310 g/mol. The van der Waals surface area contributed by atoms with E-state index in [-0.39, 0.29) is 35.7 Å². The van der Waals surface area contributed by atoms with Crippen molar-refractivity contribution in [1.82, 2.24) is 9.80 Å².